The molecule has 0 aliphatic carbocycles. The zero-order valence-corrected chi connectivity index (χ0v) is 17.9. The minimum Gasteiger partial charge on any atom is -0.339 e. The number of carbonyl (C=O) groups is 1. The van der Waals surface area contributed by atoms with Gasteiger partial charge in [-0.15, -0.1) is 0 Å². The summed E-state index contributed by atoms with van der Waals surface area (Å²) in [6.45, 7) is 1.51. The number of amides is 1. The molecule has 6 heteroatoms. The van der Waals surface area contributed by atoms with Crippen molar-refractivity contribution in [3.05, 3.63) is 82.9 Å². The van der Waals surface area contributed by atoms with Gasteiger partial charge in [-0.25, -0.2) is 0 Å². The van der Waals surface area contributed by atoms with Crippen LogP contribution in [0.1, 0.15) is 29.1 Å². The van der Waals surface area contributed by atoms with Gasteiger partial charge >= 0.3 is 0 Å². The van der Waals surface area contributed by atoms with Gasteiger partial charge in [0.1, 0.15) is 0 Å². The Labute approximate surface area is 185 Å². The third kappa shape index (κ3) is 4.44. The molecule has 0 saturated carbocycles. The molecule has 2 aromatic carbocycles. The van der Waals surface area contributed by atoms with Crippen molar-refractivity contribution in [2.75, 3.05) is 13.1 Å². The van der Waals surface area contributed by atoms with Crippen LogP contribution in [0.4, 0.5) is 0 Å². The lowest BCUT2D eigenvalue weighted by Crippen LogP contribution is -2.40. The molecule has 5 rings (SSSR count). The maximum atomic E-state index is 13.1. The van der Waals surface area contributed by atoms with E-state index in [1.807, 2.05) is 64.2 Å². The van der Waals surface area contributed by atoms with E-state index in [0.29, 0.717) is 24.1 Å². The molecule has 0 spiro atoms. The number of thiophene rings is 1. The Morgan fingerprint density at radius 1 is 1.03 bits per heavy atom. The molecule has 31 heavy (non-hydrogen) atoms. The minimum atomic E-state index is 0.0915. The fourth-order valence-corrected chi connectivity index (χ4v) is 4.76. The zero-order valence-electron chi connectivity index (χ0n) is 17.1. The van der Waals surface area contributed by atoms with Crippen molar-refractivity contribution in [3.63, 3.8) is 0 Å². The lowest BCUT2D eigenvalue weighted by atomic mass is 9.94. The summed E-state index contributed by atoms with van der Waals surface area (Å²) in [7, 11) is 0. The van der Waals surface area contributed by atoms with Crippen LogP contribution in [0.3, 0.4) is 0 Å². The van der Waals surface area contributed by atoms with E-state index in [2.05, 4.69) is 22.3 Å². The molecule has 1 aliphatic heterocycles. The van der Waals surface area contributed by atoms with E-state index in [0.717, 1.165) is 48.2 Å². The second kappa shape index (κ2) is 8.86. The van der Waals surface area contributed by atoms with Crippen molar-refractivity contribution >= 4 is 17.2 Å². The van der Waals surface area contributed by atoms with E-state index in [9.17, 15) is 4.79 Å². The molecular formula is C25H23N3O2S. The number of piperidine rings is 1. The Morgan fingerprint density at radius 3 is 2.61 bits per heavy atom. The smallest absolute Gasteiger partial charge is 0.253 e. The van der Waals surface area contributed by atoms with Crippen LogP contribution in [-0.2, 0) is 6.42 Å². The van der Waals surface area contributed by atoms with Gasteiger partial charge in [0, 0.05) is 36.0 Å². The SMILES string of the molecule is O=C(c1ccc(-c2ccccc2)cc1)N1CCCC(Cc2nc(-c3ccsc3)no2)C1. The number of likely N-dealkylation sites (tertiary alicyclic amines) is 1. The first-order valence-electron chi connectivity index (χ1n) is 10.6. The van der Waals surface area contributed by atoms with Crippen molar-refractivity contribution in [2.24, 2.45) is 5.92 Å². The number of carbonyl (C=O) groups excluding carboxylic acids is 1. The molecule has 5 nitrogen and oxygen atoms in total. The summed E-state index contributed by atoms with van der Waals surface area (Å²) >= 11 is 1.61. The number of benzene rings is 2. The van der Waals surface area contributed by atoms with E-state index in [1.54, 1.807) is 11.3 Å². The Morgan fingerprint density at radius 2 is 1.84 bits per heavy atom. The van der Waals surface area contributed by atoms with E-state index < -0.39 is 0 Å². The van der Waals surface area contributed by atoms with Crippen LogP contribution in [0.25, 0.3) is 22.5 Å². The molecule has 1 fully saturated rings. The first-order chi connectivity index (χ1) is 15.3. The van der Waals surface area contributed by atoms with E-state index >= 15 is 0 Å². The van der Waals surface area contributed by atoms with E-state index in [-0.39, 0.29) is 5.91 Å². The van der Waals surface area contributed by atoms with Crippen LogP contribution in [0, 0.1) is 5.92 Å². The lowest BCUT2D eigenvalue weighted by Gasteiger charge is -2.32. The van der Waals surface area contributed by atoms with Crippen LogP contribution in [0.2, 0.25) is 0 Å². The van der Waals surface area contributed by atoms with Gasteiger partial charge in [-0.2, -0.15) is 16.3 Å². The Bertz CT molecular complexity index is 1140. The molecular weight excluding hydrogens is 406 g/mol. The zero-order chi connectivity index (χ0) is 21.0. The van der Waals surface area contributed by atoms with E-state index in [1.165, 1.54) is 0 Å². The second-order valence-electron chi connectivity index (χ2n) is 7.93. The number of aromatic nitrogens is 2. The summed E-state index contributed by atoms with van der Waals surface area (Å²) in [4.78, 5) is 19.6. The maximum absolute atomic E-state index is 13.1. The summed E-state index contributed by atoms with van der Waals surface area (Å²) in [5, 5.41) is 8.11. The van der Waals surface area contributed by atoms with Crippen molar-refractivity contribution < 1.29 is 9.32 Å². The molecule has 0 bridgehead atoms. The van der Waals surface area contributed by atoms with Crippen LogP contribution >= 0.6 is 11.3 Å². The van der Waals surface area contributed by atoms with Crippen LogP contribution in [-0.4, -0.2) is 34.0 Å². The molecule has 1 saturated heterocycles. The molecule has 1 unspecified atom stereocenters. The highest BCUT2D eigenvalue weighted by molar-refractivity contribution is 7.08. The van der Waals surface area contributed by atoms with Crippen LogP contribution in [0.5, 0.6) is 0 Å². The molecule has 3 heterocycles. The largest absolute Gasteiger partial charge is 0.339 e. The first kappa shape index (κ1) is 19.7. The predicted octanol–water partition coefficient (Wildman–Crippen LogP) is 5.56. The van der Waals surface area contributed by atoms with Gasteiger partial charge < -0.3 is 9.42 Å². The third-order valence-electron chi connectivity index (χ3n) is 5.76. The highest BCUT2D eigenvalue weighted by atomic mass is 32.1. The predicted molar refractivity (Wildman–Crippen MR) is 122 cm³/mol. The first-order valence-corrected chi connectivity index (χ1v) is 11.5. The topological polar surface area (TPSA) is 59.2 Å². The van der Waals surface area contributed by atoms with Gasteiger partial charge in [0.05, 0.1) is 0 Å². The van der Waals surface area contributed by atoms with Gasteiger partial charge in [0.15, 0.2) is 0 Å². The van der Waals surface area contributed by atoms with Gasteiger partial charge in [-0.3, -0.25) is 4.79 Å². The average molecular weight is 430 g/mol. The Balaban J connectivity index is 1.23. The molecule has 4 aromatic rings. The molecule has 156 valence electrons. The monoisotopic (exact) mass is 429 g/mol. The highest BCUT2D eigenvalue weighted by Gasteiger charge is 2.26. The molecule has 0 N–H and O–H groups in total. The molecule has 1 aliphatic rings. The van der Waals surface area contributed by atoms with E-state index in [4.69, 9.17) is 4.52 Å². The number of rotatable bonds is 5. The summed E-state index contributed by atoms with van der Waals surface area (Å²) in [6, 6.07) is 20.1. The fraction of sp³-hybridized carbons (Fsp3) is 0.240. The molecule has 2 aromatic heterocycles. The number of nitrogens with zero attached hydrogens (tertiary/aromatic N) is 3. The third-order valence-corrected chi connectivity index (χ3v) is 6.44. The van der Waals surface area contributed by atoms with Gasteiger partial charge in [0.25, 0.3) is 5.91 Å². The molecule has 1 atom stereocenters. The fourth-order valence-electron chi connectivity index (χ4n) is 4.13. The highest BCUT2D eigenvalue weighted by Crippen LogP contribution is 2.25. The summed E-state index contributed by atoms with van der Waals surface area (Å²) in [5.74, 6) is 1.71. The maximum Gasteiger partial charge on any atom is 0.253 e. The molecule has 0 radical (unpaired) electrons. The lowest BCUT2D eigenvalue weighted by molar-refractivity contribution is 0.0668. The van der Waals surface area contributed by atoms with Gasteiger partial charge in [-0.05, 0) is 53.5 Å². The normalized spacial score (nSPS) is 16.4. The quantitative estimate of drug-likeness (QED) is 0.417. The van der Waals surface area contributed by atoms with Crippen molar-refractivity contribution in [2.45, 2.75) is 19.3 Å². The standard InChI is InChI=1S/C25H23N3O2S/c29-25(21-10-8-20(9-11-21)19-6-2-1-3-7-19)28-13-4-5-18(16-28)15-23-26-24(27-30-23)22-12-14-31-17-22/h1-3,6-12,14,17-18H,4-5,13,15-16H2. The summed E-state index contributed by atoms with van der Waals surface area (Å²) < 4.78 is 5.47. The van der Waals surface area contributed by atoms with Crippen molar-refractivity contribution in [3.8, 4) is 22.5 Å². The van der Waals surface area contributed by atoms with Gasteiger partial charge in [0.2, 0.25) is 11.7 Å². The Hall–Kier alpha value is -3.25. The summed E-state index contributed by atoms with van der Waals surface area (Å²) in [6.07, 6.45) is 2.75. The van der Waals surface area contributed by atoms with Crippen LogP contribution < -0.4 is 0 Å². The average Bonchev–Trinajstić information content (AvgIpc) is 3.52. The van der Waals surface area contributed by atoms with Crippen LogP contribution in [0.15, 0.2) is 75.9 Å². The Kier molecular flexibility index (Phi) is 5.63. The minimum absolute atomic E-state index is 0.0915. The van der Waals surface area contributed by atoms with Crippen molar-refractivity contribution in [1.82, 2.24) is 15.0 Å². The summed E-state index contributed by atoms with van der Waals surface area (Å²) in [5.41, 5.74) is 3.99. The number of hydrogen-bond acceptors (Lipinski definition) is 5. The van der Waals surface area contributed by atoms with Crippen molar-refractivity contribution in [1.29, 1.82) is 0 Å². The second-order valence-corrected chi connectivity index (χ2v) is 8.71. The van der Waals surface area contributed by atoms with Gasteiger partial charge in [-0.1, -0.05) is 47.6 Å². The number of hydrogen-bond donors (Lipinski definition) is 0. The molecule has 1 amide bonds.